The highest BCUT2D eigenvalue weighted by molar-refractivity contribution is 5.95. The van der Waals surface area contributed by atoms with E-state index < -0.39 is 6.04 Å². The summed E-state index contributed by atoms with van der Waals surface area (Å²) in [6.07, 6.45) is 0. The molecule has 1 saturated heterocycles. The maximum absolute atomic E-state index is 13.1. The number of ether oxygens (including phenoxy) is 2. The van der Waals surface area contributed by atoms with Crippen LogP contribution in [-0.2, 0) is 0 Å². The Morgan fingerprint density at radius 3 is 2.11 bits per heavy atom. The molecule has 1 aliphatic heterocycles. The van der Waals surface area contributed by atoms with Crippen molar-refractivity contribution in [3.63, 3.8) is 0 Å². The predicted molar refractivity (Wildman–Crippen MR) is 102 cm³/mol. The monoisotopic (exact) mass is 383 g/mol. The minimum absolute atomic E-state index is 0.105. The number of hydrogen-bond acceptors (Lipinski definition) is 5. The Labute approximate surface area is 163 Å². The lowest BCUT2D eigenvalue weighted by molar-refractivity contribution is 0.0605. The fourth-order valence-electron chi connectivity index (χ4n) is 3.31. The van der Waals surface area contributed by atoms with Crippen LogP contribution in [0, 0.1) is 17.1 Å². The molecule has 0 saturated carbocycles. The molecule has 3 rings (SSSR count). The van der Waals surface area contributed by atoms with Gasteiger partial charge >= 0.3 is 0 Å². The van der Waals surface area contributed by atoms with Gasteiger partial charge in [-0.15, -0.1) is 0 Å². The molecule has 1 fully saturated rings. The Balaban J connectivity index is 1.68. The number of nitrogens with zero attached hydrogens (tertiary/aromatic N) is 3. The van der Waals surface area contributed by atoms with Gasteiger partial charge in [-0.05, 0) is 29.8 Å². The number of amides is 1. The second-order valence-electron chi connectivity index (χ2n) is 6.51. The first-order valence-electron chi connectivity index (χ1n) is 8.97. The Kier molecular flexibility index (Phi) is 6.12. The number of nitriles is 1. The van der Waals surface area contributed by atoms with Crippen LogP contribution < -0.4 is 9.47 Å². The Morgan fingerprint density at radius 1 is 1.04 bits per heavy atom. The van der Waals surface area contributed by atoms with Crippen molar-refractivity contribution in [1.29, 1.82) is 5.26 Å². The summed E-state index contributed by atoms with van der Waals surface area (Å²) in [5.41, 5.74) is 1.25. The number of piperazine rings is 1. The molecule has 0 unspecified atom stereocenters. The van der Waals surface area contributed by atoms with Gasteiger partial charge in [-0.1, -0.05) is 12.1 Å². The van der Waals surface area contributed by atoms with Crippen molar-refractivity contribution in [2.45, 2.75) is 6.04 Å². The van der Waals surface area contributed by atoms with Crippen molar-refractivity contribution >= 4 is 5.91 Å². The lowest BCUT2D eigenvalue weighted by Gasteiger charge is -2.37. The van der Waals surface area contributed by atoms with E-state index in [0.29, 0.717) is 43.2 Å². The van der Waals surface area contributed by atoms with Crippen molar-refractivity contribution in [1.82, 2.24) is 9.80 Å². The number of rotatable bonds is 5. The van der Waals surface area contributed by atoms with Crippen LogP contribution in [0.1, 0.15) is 22.0 Å². The summed E-state index contributed by atoms with van der Waals surface area (Å²) in [6.45, 7) is 2.11. The van der Waals surface area contributed by atoms with Crippen LogP contribution in [0.15, 0.2) is 42.5 Å². The molecule has 1 amide bonds. The molecular formula is C21H22FN3O3. The highest BCUT2D eigenvalue weighted by atomic mass is 19.1. The first-order chi connectivity index (χ1) is 13.5. The van der Waals surface area contributed by atoms with E-state index in [0.717, 1.165) is 5.56 Å². The summed E-state index contributed by atoms with van der Waals surface area (Å²) >= 11 is 0. The molecule has 2 aromatic rings. The van der Waals surface area contributed by atoms with Crippen LogP contribution in [0.25, 0.3) is 0 Å². The van der Waals surface area contributed by atoms with Gasteiger partial charge in [-0.2, -0.15) is 5.26 Å². The quantitative estimate of drug-likeness (QED) is 0.794. The fourth-order valence-corrected chi connectivity index (χ4v) is 3.31. The highest BCUT2D eigenvalue weighted by Gasteiger charge is 2.28. The van der Waals surface area contributed by atoms with Crippen molar-refractivity contribution in [2.24, 2.45) is 0 Å². The molecule has 0 bridgehead atoms. The van der Waals surface area contributed by atoms with Crippen molar-refractivity contribution < 1.29 is 18.7 Å². The van der Waals surface area contributed by atoms with Gasteiger partial charge in [0.15, 0.2) is 0 Å². The van der Waals surface area contributed by atoms with Crippen molar-refractivity contribution in [3.8, 4) is 17.6 Å². The molecule has 0 spiro atoms. The van der Waals surface area contributed by atoms with E-state index in [2.05, 4.69) is 6.07 Å². The number of methoxy groups -OCH3 is 2. The molecule has 2 aromatic carbocycles. The van der Waals surface area contributed by atoms with Crippen LogP contribution in [0.4, 0.5) is 4.39 Å². The lowest BCUT2D eigenvalue weighted by Crippen LogP contribution is -2.49. The summed E-state index contributed by atoms with van der Waals surface area (Å²) < 4.78 is 23.6. The first kappa shape index (κ1) is 19.6. The molecule has 6 nitrogen and oxygen atoms in total. The minimum Gasteiger partial charge on any atom is -0.497 e. The minimum atomic E-state index is -0.463. The number of carbonyl (C=O) groups excluding carboxylic acids is 1. The average molecular weight is 383 g/mol. The maximum atomic E-state index is 13.1. The number of carbonyl (C=O) groups is 1. The molecule has 146 valence electrons. The number of hydrogen-bond donors (Lipinski definition) is 0. The zero-order valence-corrected chi connectivity index (χ0v) is 15.9. The third-order valence-corrected chi connectivity index (χ3v) is 4.87. The van der Waals surface area contributed by atoms with E-state index in [9.17, 15) is 14.4 Å². The van der Waals surface area contributed by atoms with Gasteiger partial charge in [0.2, 0.25) is 0 Å². The van der Waals surface area contributed by atoms with Crippen molar-refractivity contribution in [3.05, 3.63) is 59.4 Å². The summed E-state index contributed by atoms with van der Waals surface area (Å²) in [7, 11) is 3.08. The van der Waals surface area contributed by atoms with Gasteiger partial charge in [0.05, 0.1) is 20.3 Å². The van der Waals surface area contributed by atoms with Gasteiger partial charge in [-0.3, -0.25) is 9.69 Å². The van der Waals surface area contributed by atoms with Crippen molar-refractivity contribution in [2.75, 3.05) is 40.4 Å². The van der Waals surface area contributed by atoms with Gasteiger partial charge < -0.3 is 14.4 Å². The SMILES string of the molecule is COc1cc(OC)cc(C(=O)N2CCN([C@@H](C#N)c3ccc(F)cc3)CC2)c1. The molecule has 1 atom stereocenters. The second kappa shape index (κ2) is 8.72. The van der Waals surface area contributed by atoms with Crippen LogP contribution in [-0.4, -0.2) is 56.1 Å². The predicted octanol–water partition coefficient (Wildman–Crippen LogP) is 2.87. The molecule has 7 heteroatoms. The van der Waals surface area contributed by atoms with Crippen LogP contribution in [0.3, 0.4) is 0 Å². The summed E-state index contributed by atoms with van der Waals surface area (Å²) in [5, 5.41) is 9.58. The second-order valence-corrected chi connectivity index (χ2v) is 6.51. The summed E-state index contributed by atoms with van der Waals surface area (Å²) in [6, 6.07) is 12.9. The van der Waals surface area contributed by atoms with Gasteiger partial charge in [0.1, 0.15) is 23.4 Å². The zero-order valence-electron chi connectivity index (χ0n) is 15.9. The molecule has 1 aliphatic rings. The van der Waals surface area contributed by atoms with E-state index in [-0.39, 0.29) is 11.7 Å². The molecule has 28 heavy (non-hydrogen) atoms. The summed E-state index contributed by atoms with van der Waals surface area (Å²) in [5.74, 6) is 0.682. The van der Waals surface area contributed by atoms with Crippen LogP contribution in [0.2, 0.25) is 0 Å². The Hall–Kier alpha value is -3.11. The molecule has 0 aromatic heterocycles. The van der Waals surface area contributed by atoms with E-state index in [4.69, 9.17) is 9.47 Å². The lowest BCUT2D eigenvalue weighted by atomic mass is 10.1. The summed E-state index contributed by atoms with van der Waals surface area (Å²) in [4.78, 5) is 16.6. The van der Waals surface area contributed by atoms with Crippen LogP contribution in [0.5, 0.6) is 11.5 Å². The Bertz CT molecular complexity index is 849. The van der Waals surface area contributed by atoms with Gasteiger partial charge in [-0.25, -0.2) is 4.39 Å². The largest absolute Gasteiger partial charge is 0.497 e. The fraction of sp³-hybridized carbons (Fsp3) is 0.333. The Morgan fingerprint density at radius 2 is 1.61 bits per heavy atom. The molecule has 0 aliphatic carbocycles. The topological polar surface area (TPSA) is 65.8 Å². The highest BCUT2D eigenvalue weighted by Crippen LogP contribution is 2.25. The number of halogens is 1. The van der Waals surface area contributed by atoms with E-state index in [1.807, 2.05) is 4.90 Å². The third kappa shape index (κ3) is 4.24. The van der Waals surface area contributed by atoms with E-state index >= 15 is 0 Å². The molecule has 1 heterocycles. The molecule has 0 radical (unpaired) electrons. The smallest absolute Gasteiger partial charge is 0.254 e. The standard InChI is InChI=1S/C21H22FN3O3/c1-27-18-11-16(12-19(13-18)28-2)21(26)25-9-7-24(8-10-25)20(14-23)15-3-5-17(22)6-4-15/h3-6,11-13,20H,7-10H2,1-2H3/t20-/m0/s1. The van der Waals surface area contributed by atoms with Crippen LogP contribution >= 0.6 is 0 Å². The third-order valence-electron chi connectivity index (χ3n) is 4.87. The van der Waals surface area contributed by atoms with E-state index in [1.165, 1.54) is 12.1 Å². The maximum Gasteiger partial charge on any atom is 0.254 e. The number of benzene rings is 2. The molecule has 0 N–H and O–H groups in total. The average Bonchev–Trinajstić information content (AvgIpc) is 2.75. The molecular weight excluding hydrogens is 361 g/mol. The van der Waals surface area contributed by atoms with E-state index in [1.54, 1.807) is 49.5 Å². The zero-order chi connectivity index (χ0) is 20.1. The normalized spacial score (nSPS) is 15.6. The van der Waals surface area contributed by atoms with Gasteiger partial charge in [0.25, 0.3) is 5.91 Å². The first-order valence-corrected chi connectivity index (χ1v) is 8.97. The van der Waals surface area contributed by atoms with Gasteiger partial charge in [0, 0.05) is 37.8 Å².